The first-order valence-corrected chi connectivity index (χ1v) is 11.4. The molecule has 3 rings (SSSR count). The van der Waals surface area contributed by atoms with Gasteiger partial charge in [0.2, 0.25) is 11.7 Å². The summed E-state index contributed by atoms with van der Waals surface area (Å²) in [6.45, 7) is 5.78. The van der Waals surface area contributed by atoms with Crippen molar-refractivity contribution in [3.63, 3.8) is 0 Å². The van der Waals surface area contributed by atoms with Crippen molar-refractivity contribution in [3.8, 4) is 33.7 Å². The van der Waals surface area contributed by atoms with E-state index in [0.717, 1.165) is 11.3 Å². The summed E-state index contributed by atoms with van der Waals surface area (Å²) in [4.78, 5) is 17.8. The highest BCUT2D eigenvalue weighted by atomic mass is 32.1. The normalized spacial score (nSPS) is 12.1. The van der Waals surface area contributed by atoms with Gasteiger partial charge in [-0.25, -0.2) is 0 Å². The maximum atomic E-state index is 11.1. The van der Waals surface area contributed by atoms with Crippen LogP contribution in [0.25, 0.3) is 22.2 Å². The molecule has 0 aliphatic heterocycles. The van der Waals surface area contributed by atoms with Crippen LogP contribution in [0.15, 0.2) is 28.8 Å². The van der Waals surface area contributed by atoms with Crippen molar-refractivity contribution in [2.45, 2.75) is 33.3 Å². The van der Waals surface area contributed by atoms with Crippen molar-refractivity contribution in [1.29, 1.82) is 0 Å². The summed E-state index contributed by atoms with van der Waals surface area (Å²) in [6, 6.07) is 7.25. The van der Waals surface area contributed by atoms with Gasteiger partial charge in [0.05, 0.1) is 17.6 Å². The lowest BCUT2D eigenvalue weighted by molar-refractivity contribution is -0.124. The molecule has 1 atom stereocenters. The quantitative estimate of drug-likeness (QED) is 0.386. The van der Waals surface area contributed by atoms with Crippen LogP contribution in [0.4, 0.5) is 0 Å². The van der Waals surface area contributed by atoms with Crippen molar-refractivity contribution in [2.75, 3.05) is 26.9 Å². The summed E-state index contributed by atoms with van der Waals surface area (Å²) < 4.78 is 16.6. The number of carbonyl (C=O) groups excluding carboxylic acids is 1. The summed E-state index contributed by atoms with van der Waals surface area (Å²) >= 11 is 1.64. The first-order chi connectivity index (χ1) is 15.8. The van der Waals surface area contributed by atoms with E-state index in [0.29, 0.717) is 34.7 Å². The Balaban J connectivity index is 1.70. The van der Waals surface area contributed by atoms with E-state index in [1.807, 2.05) is 0 Å². The number of thiophene rings is 1. The van der Waals surface area contributed by atoms with Gasteiger partial charge in [-0.1, -0.05) is 19.0 Å². The SMILES string of the molecule is COc1cc(OCC(O)CNC(=O)CO)ccc1-c1noc(-c2cc(CC(C)C)c(C)s2)n1. The third-order valence-electron chi connectivity index (χ3n) is 4.82. The second-order valence-corrected chi connectivity index (χ2v) is 9.26. The Bertz CT molecular complexity index is 1080. The number of aryl methyl sites for hydroxylation is 1. The number of nitrogens with one attached hydrogen (secondary N) is 1. The van der Waals surface area contributed by atoms with E-state index in [9.17, 15) is 9.90 Å². The fraction of sp³-hybridized carbons (Fsp3) is 0.435. The molecule has 10 heteroatoms. The molecule has 0 aliphatic rings. The zero-order valence-corrected chi connectivity index (χ0v) is 19.9. The molecule has 0 saturated heterocycles. The molecule has 0 radical (unpaired) electrons. The third-order valence-corrected chi connectivity index (χ3v) is 5.90. The zero-order valence-electron chi connectivity index (χ0n) is 19.1. The number of carbonyl (C=O) groups is 1. The molecule has 178 valence electrons. The predicted octanol–water partition coefficient (Wildman–Crippen LogP) is 2.83. The van der Waals surface area contributed by atoms with E-state index in [2.05, 4.69) is 42.3 Å². The third kappa shape index (κ3) is 6.53. The number of benzene rings is 1. The van der Waals surface area contributed by atoms with E-state index >= 15 is 0 Å². The fourth-order valence-electron chi connectivity index (χ4n) is 3.19. The monoisotopic (exact) mass is 475 g/mol. The van der Waals surface area contributed by atoms with Crippen LogP contribution >= 0.6 is 11.3 Å². The van der Waals surface area contributed by atoms with Gasteiger partial charge >= 0.3 is 0 Å². The Morgan fingerprint density at radius 2 is 2.09 bits per heavy atom. The standard InChI is InChI=1S/C23H29N3O6S/c1-13(2)7-15-8-20(33-14(15)3)23-25-22(26-32-23)18-6-5-17(9-19(18)30-4)31-12-16(28)10-24-21(29)11-27/h5-6,8-9,13,16,27-28H,7,10-12H2,1-4H3,(H,24,29). The highest BCUT2D eigenvalue weighted by molar-refractivity contribution is 7.15. The number of hydrogen-bond donors (Lipinski definition) is 3. The zero-order chi connectivity index (χ0) is 24.0. The second-order valence-electron chi connectivity index (χ2n) is 8.00. The molecule has 0 bridgehead atoms. The van der Waals surface area contributed by atoms with E-state index in [1.165, 1.54) is 17.6 Å². The van der Waals surface area contributed by atoms with Crippen molar-refractivity contribution < 1.29 is 29.0 Å². The number of aromatic nitrogens is 2. The van der Waals surface area contributed by atoms with Crippen molar-refractivity contribution in [3.05, 3.63) is 34.7 Å². The maximum absolute atomic E-state index is 11.1. The van der Waals surface area contributed by atoms with Crippen LogP contribution in [0.3, 0.4) is 0 Å². The van der Waals surface area contributed by atoms with Gasteiger partial charge in [0.25, 0.3) is 5.89 Å². The van der Waals surface area contributed by atoms with Gasteiger partial charge in [-0.15, -0.1) is 11.3 Å². The summed E-state index contributed by atoms with van der Waals surface area (Å²) in [6.07, 6.45) is 0.0713. The number of aliphatic hydroxyl groups excluding tert-OH is 2. The first kappa shape index (κ1) is 24.7. The van der Waals surface area contributed by atoms with Gasteiger partial charge in [0, 0.05) is 17.5 Å². The Morgan fingerprint density at radius 3 is 2.79 bits per heavy atom. The Morgan fingerprint density at radius 1 is 1.30 bits per heavy atom. The Labute approximate surface area is 196 Å². The lowest BCUT2D eigenvalue weighted by Crippen LogP contribution is -2.36. The van der Waals surface area contributed by atoms with Crippen LogP contribution in [0.5, 0.6) is 11.5 Å². The summed E-state index contributed by atoms with van der Waals surface area (Å²) in [7, 11) is 1.53. The van der Waals surface area contributed by atoms with E-state index in [-0.39, 0.29) is 13.2 Å². The Hall–Kier alpha value is -2.95. The molecule has 1 amide bonds. The number of hydrogen-bond acceptors (Lipinski definition) is 9. The predicted molar refractivity (Wildman–Crippen MR) is 124 cm³/mol. The van der Waals surface area contributed by atoms with Gasteiger partial charge in [-0.05, 0) is 43.0 Å². The number of rotatable bonds is 11. The van der Waals surface area contributed by atoms with E-state index < -0.39 is 18.6 Å². The molecule has 0 aliphatic carbocycles. The van der Waals surface area contributed by atoms with Gasteiger partial charge in [0.15, 0.2) is 0 Å². The van der Waals surface area contributed by atoms with Crippen LogP contribution in [0.2, 0.25) is 0 Å². The van der Waals surface area contributed by atoms with Crippen molar-refractivity contribution in [1.82, 2.24) is 15.5 Å². The van der Waals surface area contributed by atoms with Gasteiger partial charge in [-0.2, -0.15) is 4.98 Å². The molecule has 3 aromatic rings. The molecule has 0 spiro atoms. The second kappa shape index (κ2) is 11.3. The number of nitrogens with zero attached hydrogens (tertiary/aromatic N) is 2. The highest BCUT2D eigenvalue weighted by Crippen LogP contribution is 2.35. The number of methoxy groups -OCH3 is 1. The summed E-state index contributed by atoms with van der Waals surface area (Å²) in [5, 5.41) is 25.1. The summed E-state index contributed by atoms with van der Waals surface area (Å²) in [5.74, 6) is 1.83. The molecule has 1 unspecified atom stereocenters. The molecule has 33 heavy (non-hydrogen) atoms. The molecule has 1 aromatic carbocycles. The minimum atomic E-state index is -0.930. The number of aliphatic hydroxyl groups is 2. The van der Waals surface area contributed by atoms with E-state index in [4.69, 9.17) is 19.1 Å². The minimum absolute atomic E-state index is 0.0265. The van der Waals surface area contributed by atoms with Gasteiger partial charge < -0.3 is 29.5 Å². The number of amides is 1. The van der Waals surface area contributed by atoms with Crippen LogP contribution < -0.4 is 14.8 Å². The maximum Gasteiger partial charge on any atom is 0.268 e. The molecule has 3 N–H and O–H groups in total. The molecule has 2 aromatic heterocycles. The topological polar surface area (TPSA) is 127 Å². The van der Waals surface area contributed by atoms with Crippen molar-refractivity contribution in [2.24, 2.45) is 5.92 Å². The van der Waals surface area contributed by atoms with Gasteiger partial charge in [-0.3, -0.25) is 4.79 Å². The molecule has 9 nitrogen and oxygen atoms in total. The fourth-order valence-corrected chi connectivity index (χ4v) is 4.16. The van der Waals surface area contributed by atoms with Crippen LogP contribution in [-0.2, 0) is 11.2 Å². The first-order valence-electron chi connectivity index (χ1n) is 10.6. The van der Waals surface area contributed by atoms with Crippen LogP contribution in [-0.4, -0.2) is 59.2 Å². The minimum Gasteiger partial charge on any atom is -0.496 e. The summed E-state index contributed by atoms with van der Waals surface area (Å²) in [5.41, 5.74) is 1.94. The van der Waals surface area contributed by atoms with E-state index in [1.54, 1.807) is 29.5 Å². The van der Waals surface area contributed by atoms with Crippen LogP contribution in [0.1, 0.15) is 24.3 Å². The Kier molecular flexibility index (Phi) is 8.43. The molecule has 2 heterocycles. The molecular weight excluding hydrogens is 446 g/mol. The van der Waals surface area contributed by atoms with Crippen LogP contribution in [0, 0.1) is 12.8 Å². The molecule has 0 fully saturated rings. The molecule has 0 saturated carbocycles. The molecular formula is C23H29N3O6S. The lowest BCUT2D eigenvalue weighted by Gasteiger charge is -2.14. The smallest absolute Gasteiger partial charge is 0.268 e. The van der Waals surface area contributed by atoms with Gasteiger partial charge in [0.1, 0.15) is 30.8 Å². The number of ether oxygens (including phenoxy) is 2. The lowest BCUT2D eigenvalue weighted by atomic mass is 10.0. The average Bonchev–Trinajstić information content (AvgIpc) is 3.42. The highest BCUT2D eigenvalue weighted by Gasteiger charge is 2.18. The average molecular weight is 476 g/mol. The largest absolute Gasteiger partial charge is 0.496 e. The van der Waals surface area contributed by atoms with Crippen molar-refractivity contribution >= 4 is 17.2 Å².